The Hall–Kier alpha value is -2.98. The molecule has 0 radical (unpaired) electrons. The topological polar surface area (TPSA) is 105 Å². The van der Waals surface area contributed by atoms with Crippen LogP contribution >= 0.6 is 11.6 Å². The number of halogens is 1. The van der Waals surface area contributed by atoms with Gasteiger partial charge < -0.3 is 19.7 Å². The second-order valence-corrected chi connectivity index (χ2v) is 11.1. The first-order chi connectivity index (χ1) is 16.9. The highest BCUT2D eigenvalue weighted by molar-refractivity contribution is 7.92. The lowest BCUT2D eigenvalue weighted by molar-refractivity contribution is -0.139. The van der Waals surface area contributed by atoms with Gasteiger partial charge >= 0.3 is 0 Å². The van der Waals surface area contributed by atoms with Crippen LogP contribution < -0.4 is 19.1 Å². The lowest BCUT2D eigenvalue weighted by atomic mass is 10.1. The van der Waals surface area contributed by atoms with Crippen LogP contribution in [0.3, 0.4) is 0 Å². The Balaban J connectivity index is 2.43. The van der Waals surface area contributed by atoms with E-state index in [0.29, 0.717) is 12.3 Å². The Kier molecular flexibility index (Phi) is 10.4. The summed E-state index contributed by atoms with van der Waals surface area (Å²) in [6, 6.07) is 10.7. The number of ether oxygens (including phenoxy) is 2. The highest BCUT2D eigenvalue weighted by Crippen LogP contribution is 2.33. The maximum absolute atomic E-state index is 13.6. The monoisotopic (exact) mass is 539 g/mol. The Bertz CT molecular complexity index is 1150. The van der Waals surface area contributed by atoms with Gasteiger partial charge in [0.2, 0.25) is 21.8 Å². The Labute approximate surface area is 218 Å². The molecule has 2 rings (SSSR count). The normalized spacial score (nSPS) is 12.1. The van der Waals surface area contributed by atoms with Crippen molar-refractivity contribution in [2.45, 2.75) is 33.4 Å². The number of amides is 2. The Morgan fingerprint density at radius 2 is 1.67 bits per heavy atom. The van der Waals surface area contributed by atoms with Crippen molar-refractivity contribution in [1.82, 2.24) is 10.2 Å². The van der Waals surface area contributed by atoms with Gasteiger partial charge in [-0.25, -0.2) is 8.42 Å². The third-order valence-electron chi connectivity index (χ3n) is 5.45. The maximum atomic E-state index is 13.6. The summed E-state index contributed by atoms with van der Waals surface area (Å²) in [7, 11) is -0.969. The van der Waals surface area contributed by atoms with Gasteiger partial charge in [-0.1, -0.05) is 37.6 Å². The molecule has 0 bridgehead atoms. The average Bonchev–Trinajstić information content (AvgIpc) is 2.83. The summed E-state index contributed by atoms with van der Waals surface area (Å²) in [6.07, 6.45) is 0.993. The van der Waals surface area contributed by atoms with Crippen LogP contribution in [0, 0.1) is 5.92 Å². The second kappa shape index (κ2) is 12.8. The summed E-state index contributed by atoms with van der Waals surface area (Å²) in [6.45, 7) is 5.53. The quantitative estimate of drug-likeness (QED) is 0.443. The lowest BCUT2D eigenvalue weighted by Crippen LogP contribution is -2.51. The van der Waals surface area contributed by atoms with Gasteiger partial charge in [0.05, 0.1) is 26.2 Å². The number of anilines is 1. The molecule has 1 N–H and O–H groups in total. The fourth-order valence-electron chi connectivity index (χ4n) is 3.42. The number of nitrogens with zero attached hydrogens (tertiary/aromatic N) is 2. The number of rotatable bonds is 12. The van der Waals surface area contributed by atoms with Crippen LogP contribution in [0.5, 0.6) is 11.5 Å². The standard InChI is InChI=1S/C25H34ClN3O6S/c1-17(2)14-27-25(31)18(3)28(15-19-7-10-21(34-4)11-8-19)24(30)16-29(36(6,32)33)22-13-20(26)9-12-23(22)35-5/h7-13,17-18H,14-16H2,1-6H3,(H,27,31). The third kappa shape index (κ3) is 8.03. The van der Waals surface area contributed by atoms with Gasteiger partial charge in [0.25, 0.3) is 0 Å². The van der Waals surface area contributed by atoms with Crippen LogP contribution in [-0.4, -0.2) is 64.7 Å². The van der Waals surface area contributed by atoms with Crippen molar-refractivity contribution in [3.8, 4) is 11.5 Å². The van der Waals surface area contributed by atoms with Crippen molar-refractivity contribution < 1.29 is 27.5 Å². The molecule has 1 atom stereocenters. The van der Waals surface area contributed by atoms with Crippen molar-refractivity contribution in [3.05, 3.63) is 53.1 Å². The zero-order chi connectivity index (χ0) is 27.0. The zero-order valence-electron chi connectivity index (χ0n) is 21.4. The van der Waals surface area contributed by atoms with E-state index in [2.05, 4.69) is 5.32 Å². The van der Waals surface area contributed by atoms with E-state index >= 15 is 0 Å². The number of carbonyl (C=O) groups is 2. The van der Waals surface area contributed by atoms with E-state index in [1.54, 1.807) is 44.4 Å². The minimum Gasteiger partial charge on any atom is -0.497 e. The molecule has 0 saturated carbocycles. The number of hydrogen-bond donors (Lipinski definition) is 1. The van der Waals surface area contributed by atoms with Crippen molar-refractivity contribution in [3.63, 3.8) is 0 Å². The molecule has 11 heteroatoms. The smallest absolute Gasteiger partial charge is 0.244 e. The molecule has 9 nitrogen and oxygen atoms in total. The van der Waals surface area contributed by atoms with Crippen LogP contribution in [0.15, 0.2) is 42.5 Å². The molecule has 1 unspecified atom stereocenters. The fraction of sp³-hybridized carbons (Fsp3) is 0.440. The molecule has 198 valence electrons. The van der Waals surface area contributed by atoms with E-state index < -0.39 is 28.5 Å². The fourth-order valence-corrected chi connectivity index (χ4v) is 4.43. The minimum atomic E-state index is -3.92. The molecule has 2 aromatic carbocycles. The highest BCUT2D eigenvalue weighted by atomic mass is 35.5. The van der Waals surface area contributed by atoms with E-state index in [9.17, 15) is 18.0 Å². The van der Waals surface area contributed by atoms with Crippen LogP contribution in [0.4, 0.5) is 5.69 Å². The molecule has 0 spiro atoms. The number of hydrogen-bond acceptors (Lipinski definition) is 6. The first kappa shape index (κ1) is 29.3. The predicted molar refractivity (Wildman–Crippen MR) is 141 cm³/mol. The molecule has 0 aromatic heterocycles. The van der Waals surface area contributed by atoms with Gasteiger partial charge in [-0.2, -0.15) is 0 Å². The van der Waals surface area contributed by atoms with Gasteiger partial charge in [0.15, 0.2) is 0 Å². The Morgan fingerprint density at radius 1 is 1.03 bits per heavy atom. The van der Waals surface area contributed by atoms with Gasteiger partial charge in [-0.05, 0) is 48.7 Å². The van der Waals surface area contributed by atoms with Crippen LogP contribution in [0.2, 0.25) is 5.02 Å². The number of benzene rings is 2. The summed E-state index contributed by atoms with van der Waals surface area (Å²) in [5.41, 5.74) is 0.876. The van der Waals surface area contributed by atoms with E-state index in [4.69, 9.17) is 21.1 Å². The molecule has 0 heterocycles. The number of sulfonamides is 1. The average molecular weight is 540 g/mol. The van der Waals surface area contributed by atoms with Crippen molar-refractivity contribution in [2.24, 2.45) is 5.92 Å². The largest absolute Gasteiger partial charge is 0.497 e. The molecular formula is C25H34ClN3O6S. The molecule has 0 aliphatic carbocycles. The van der Waals surface area contributed by atoms with Gasteiger partial charge in [0, 0.05) is 18.1 Å². The molecule has 0 saturated heterocycles. The number of nitrogens with one attached hydrogen (secondary N) is 1. The van der Waals surface area contributed by atoms with Gasteiger partial charge in [0.1, 0.15) is 24.1 Å². The summed E-state index contributed by atoms with van der Waals surface area (Å²) in [5, 5.41) is 3.12. The first-order valence-electron chi connectivity index (χ1n) is 11.4. The van der Waals surface area contributed by atoms with E-state index in [0.717, 1.165) is 16.1 Å². The minimum absolute atomic E-state index is 0.0867. The first-order valence-corrected chi connectivity index (χ1v) is 13.6. The molecule has 0 fully saturated rings. The van der Waals surface area contributed by atoms with Gasteiger partial charge in [-0.3, -0.25) is 13.9 Å². The highest BCUT2D eigenvalue weighted by Gasteiger charge is 2.31. The lowest BCUT2D eigenvalue weighted by Gasteiger charge is -2.32. The Morgan fingerprint density at radius 3 is 2.19 bits per heavy atom. The molecule has 2 amide bonds. The maximum Gasteiger partial charge on any atom is 0.244 e. The van der Waals surface area contributed by atoms with Gasteiger partial charge in [-0.15, -0.1) is 0 Å². The summed E-state index contributed by atoms with van der Waals surface area (Å²) < 4.78 is 36.9. The van der Waals surface area contributed by atoms with Crippen LogP contribution in [-0.2, 0) is 26.2 Å². The number of methoxy groups -OCH3 is 2. The van der Waals surface area contributed by atoms with Crippen LogP contribution in [0.1, 0.15) is 26.3 Å². The molecule has 0 aliphatic rings. The van der Waals surface area contributed by atoms with Crippen molar-refractivity contribution in [1.29, 1.82) is 0 Å². The molecule has 0 aliphatic heterocycles. The zero-order valence-corrected chi connectivity index (χ0v) is 23.0. The van der Waals surface area contributed by atoms with E-state index in [-0.39, 0.29) is 34.8 Å². The third-order valence-corrected chi connectivity index (χ3v) is 6.81. The predicted octanol–water partition coefficient (Wildman–Crippen LogP) is 3.31. The molecular weight excluding hydrogens is 506 g/mol. The molecule has 2 aromatic rings. The van der Waals surface area contributed by atoms with Crippen LogP contribution in [0.25, 0.3) is 0 Å². The summed E-state index contributed by atoms with van der Waals surface area (Å²) in [5.74, 6) is 0.211. The van der Waals surface area contributed by atoms with E-state index in [1.807, 2.05) is 13.8 Å². The van der Waals surface area contributed by atoms with Crippen molar-refractivity contribution >= 4 is 39.1 Å². The SMILES string of the molecule is COc1ccc(CN(C(=O)CN(c2cc(Cl)ccc2OC)S(C)(=O)=O)C(C)C(=O)NCC(C)C)cc1. The summed E-state index contributed by atoms with van der Waals surface area (Å²) >= 11 is 6.12. The molecule has 36 heavy (non-hydrogen) atoms. The second-order valence-electron chi connectivity index (χ2n) is 8.77. The van der Waals surface area contributed by atoms with Crippen molar-refractivity contribution in [2.75, 3.05) is 37.9 Å². The number of carbonyl (C=O) groups excluding carboxylic acids is 2. The summed E-state index contributed by atoms with van der Waals surface area (Å²) in [4.78, 5) is 27.9. The van der Waals surface area contributed by atoms with E-state index in [1.165, 1.54) is 24.1 Å².